The van der Waals surface area contributed by atoms with Gasteiger partial charge in [0, 0.05) is 12.6 Å². The van der Waals surface area contributed by atoms with Gasteiger partial charge in [0.25, 0.3) is 0 Å². The molecule has 1 aliphatic carbocycles. The van der Waals surface area contributed by atoms with Crippen LogP contribution in [-0.2, 0) is 6.54 Å². The standard InChI is InChI=1S/C12H14BrN3/c13-12-6-2-4-10(16-12)8-15-11-5-1-3-9(11)7-14/h2,4,6,9,11,15H,1,3,5,8H2. The maximum absolute atomic E-state index is 8.96. The number of halogens is 1. The summed E-state index contributed by atoms with van der Waals surface area (Å²) in [6.45, 7) is 0.738. The summed E-state index contributed by atoms with van der Waals surface area (Å²) in [4.78, 5) is 4.36. The van der Waals surface area contributed by atoms with Crippen molar-refractivity contribution in [1.29, 1.82) is 5.26 Å². The van der Waals surface area contributed by atoms with Gasteiger partial charge >= 0.3 is 0 Å². The van der Waals surface area contributed by atoms with Gasteiger partial charge in [0.2, 0.25) is 0 Å². The van der Waals surface area contributed by atoms with E-state index in [1.165, 1.54) is 0 Å². The maximum Gasteiger partial charge on any atom is 0.106 e. The quantitative estimate of drug-likeness (QED) is 0.866. The molecule has 4 heteroatoms. The second kappa shape index (κ2) is 5.42. The second-order valence-corrected chi connectivity index (χ2v) is 4.92. The molecule has 0 aromatic carbocycles. The minimum atomic E-state index is 0.173. The van der Waals surface area contributed by atoms with Crippen molar-refractivity contribution in [3.63, 3.8) is 0 Å². The first-order chi connectivity index (χ1) is 7.79. The van der Waals surface area contributed by atoms with Crippen molar-refractivity contribution < 1.29 is 0 Å². The van der Waals surface area contributed by atoms with Crippen LogP contribution in [0.1, 0.15) is 25.0 Å². The Morgan fingerprint density at radius 2 is 2.38 bits per heavy atom. The van der Waals surface area contributed by atoms with E-state index in [2.05, 4.69) is 32.3 Å². The highest BCUT2D eigenvalue weighted by Crippen LogP contribution is 2.25. The van der Waals surface area contributed by atoms with E-state index in [0.717, 1.165) is 36.1 Å². The van der Waals surface area contributed by atoms with E-state index in [0.29, 0.717) is 6.04 Å². The zero-order valence-electron chi connectivity index (χ0n) is 8.99. The van der Waals surface area contributed by atoms with Crippen LogP contribution in [0.3, 0.4) is 0 Å². The number of hydrogen-bond acceptors (Lipinski definition) is 3. The van der Waals surface area contributed by atoms with Crippen molar-refractivity contribution in [2.75, 3.05) is 0 Å². The lowest BCUT2D eigenvalue weighted by atomic mass is 10.1. The molecule has 2 atom stereocenters. The van der Waals surface area contributed by atoms with Crippen molar-refractivity contribution in [2.24, 2.45) is 5.92 Å². The molecular weight excluding hydrogens is 266 g/mol. The van der Waals surface area contributed by atoms with Crippen LogP contribution >= 0.6 is 15.9 Å². The molecule has 2 rings (SSSR count). The highest BCUT2D eigenvalue weighted by Gasteiger charge is 2.26. The van der Waals surface area contributed by atoms with Crippen LogP contribution in [0.2, 0.25) is 0 Å². The first-order valence-corrected chi connectivity index (χ1v) is 6.33. The summed E-state index contributed by atoms with van der Waals surface area (Å²) >= 11 is 3.35. The Bertz CT molecular complexity index is 399. The van der Waals surface area contributed by atoms with Crippen LogP contribution in [0.25, 0.3) is 0 Å². The van der Waals surface area contributed by atoms with Crippen molar-refractivity contribution >= 4 is 15.9 Å². The molecule has 0 bridgehead atoms. The van der Waals surface area contributed by atoms with Gasteiger partial charge in [0.05, 0.1) is 17.7 Å². The van der Waals surface area contributed by atoms with Gasteiger partial charge in [0.15, 0.2) is 0 Å². The minimum absolute atomic E-state index is 0.173. The average Bonchev–Trinajstić information content (AvgIpc) is 2.74. The zero-order chi connectivity index (χ0) is 11.4. The largest absolute Gasteiger partial charge is 0.307 e. The van der Waals surface area contributed by atoms with E-state index in [9.17, 15) is 0 Å². The van der Waals surface area contributed by atoms with E-state index < -0.39 is 0 Å². The number of aromatic nitrogens is 1. The topological polar surface area (TPSA) is 48.7 Å². The third-order valence-corrected chi connectivity index (χ3v) is 3.44. The molecule has 0 saturated heterocycles. The summed E-state index contributed by atoms with van der Waals surface area (Å²) in [5.41, 5.74) is 1.01. The lowest BCUT2D eigenvalue weighted by Gasteiger charge is -2.15. The van der Waals surface area contributed by atoms with Crippen LogP contribution in [0, 0.1) is 17.2 Å². The number of pyridine rings is 1. The number of hydrogen-bond donors (Lipinski definition) is 1. The molecule has 84 valence electrons. The van der Waals surface area contributed by atoms with E-state index >= 15 is 0 Å². The van der Waals surface area contributed by atoms with E-state index in [-0.39, 0.29) is 5.92 Å². The van der Waals surface area contributed by atoms with E-state index in [1.807, 2.05) is 18.2 Å². The van der Waals surface area contributed by atoms with Crippen LogP contribution in [-0.4, -0.2) is 11.0 Å². The van der Waals surface area contributed by atoms with Gasteiger partial charge in [0.1, 0.15) is 4.60 Å². The Morgan fingerprint density at radius 1 is 1.50 bits per heavy atom. The molecule has 16 heavy (non-hydrogen) atoms. The Balaban J connectivity index is 1.90. The molecule has 0 radical (unpaired) electrons. The molecular formula is C12H14BrN3. The fourth-order valence-electron chi connectivity index (χ4n) is 2.14. The van der Waals surface area contributed by atoms with Gasteiger partial charge in [-0.05, 0) is 40.9 Å². The molecule has 1 aromatic rings. The predicted molar refractivity (Wildman–Crippen MR) is 65.5 cm³/mol. The Hall–Kier alpha value is -0.920. The molecule has 0 spiro atoms. The average molecular weight is 280 g/mol. The monoisotopic (exact) mass is 279 g/mol. The van der Waals surface area contributed by atoms with Crippen LogP contribution in [0.5, 0.6) is 0 Å². The van der Waals surface area contributed by atoms with Crippen LogP contribution in [0.4, 0.5) is 0 Å². The highest BCUT2D eigenvalue weighted by molar-refractivity contribution is 9.10. The Morgan fingerprint density at radius 3 is 3.12 bits per heavy atom. The van der Waals surface area contributed by atoms with Crippen LogP contribution in [0.15, 0.2) is 22.8 Å². The zero-order valence-corrected chi connectivity index (χ0v) is 10.6. The third-order valence-electron chi connectivity index (χ3n) is 3.00. The molecule has 1 saturated carbocycles. The molecule has 2 unspecified atom stereocenters. The van der Waals surface area contributed by atoms with Gasteiger partial charge in [-0.1, -0.05) is 12.5 Å². The molecule has 1 N–H and O–H groups in total. The summed E-state index contributed by atoms with van der Waals surface area (Å²) in [7, 11) is 0. The highest BCUT2D eigenvalue weighted by atomic mass is 79.9. The summed E-state index contributed by atoms with van der Waals surface area (Å²) in [5, 5.41) is 12.4. The number of rotatable bonds is 3. The van der Waals surface area contributed by atoms with Gasteiger partial charge < -0.3 is 5.32 Å². The van der Waals surface area contributed by atoms with Crippen LogP contribution < -0.4 is 5.32 Å². The molecule has 1 fully saturated rings. The molecule has 0 aliphatic heterocycles. The Labute approximate surface area is 104 Å². The summed E-state index contributed by atoms with van der Waals surface area (Å²) in [5.74, 6) is 0.173. The SMILES string of the molecule is N#CC1CCCC1NCc1cccc(Br)n1. The Kier molecular flexibility index (Phi) is 3.92. The normalized spacial score (nSPS) is 24.2. The summed E-state index contributed by atoms with van der Waals surface area (Å²) < 4.78 is 0.857. The molecule has 1 heterocycles. The van der Waals surface area contributed by atoms with Gasteiger partial charge in [-0.25, -0.2) is 4.98 Å². The third kappa shape index (κ3) is 2.81. The van der Waals surface area contributed by atoms with E-state index in [1.54, 1.807) is 0 Å². The molecule has 1 aromatic heterocycles. The van der Waals surface area contributed by atoms with Gasteiger partial charge in [-0.2, -0.15) is 5.26 Å². The van der Waals surface area contributed by atoms with Crippen molar-refractivity contribution in [2.45, 2.75) is 31.8 Å². The lowest BCUT2D eigenvalue weighted by Crippen LogP contribution is -2.31. The lowest BCUT2D eigenvalue weighted by molar-refractivity contribution is 0.461. The van der Waals surface area contributed by atoms with Crippen molar-refractivity contribution in [1.82, 2.24) is 10.3 Å². The molecule has 1 aliphatic rings. The number of nitriles is 1. The van der Waals surface area contributed by atoms with E-state index in [4.69, 9.17) is 5.26 Å². The van der Waals surface area contributed by atoms with Crippen molar-refractivity contribution in [3.05, 3.63) is 28.5 Å². The second-order valence-electron chi connectivity index (χ2n) is 4.11. The fourth-order valence-corrected chi connectivity index (χ4v) is 2.52. The van der Waals surface area contributed by atoms with Gasteiger partial charge in [-0.3, -0.25) is 0 Å². The molecule has 0 amide bonds. The smallest absolute Gasteiger partial charge is 0.106 e. The maximum atomic E-state index is 8.96. The first kappa shape index (κ1) is 11.6. The number of nitrogens with zero attached hydrogens (tertiary/aromatic N) is 2. The minimum Gasteiger partial charge on any atom is -0.307 e. The van der Waals surface area contributed by atoms with Gasteiger partial charge in [-0.15, -0.1) is 0 Å². The predicted octanol–water partition coefficient (Wildman–Crippen LogP) is 2.63. The first-order valence-electron chi connectivity index (χ1n) is 5.54. The van der Waals surface area contributed by atoms with Crippen molar-refractivity contribution in [3.8, 4) is 6.07 Å². The summed E-state index contributed by atoms with van der Waals surface area (Å²) in [6.07, 6.45) is 3.29. The fraction of sp³-hybridized carbons (Fsp3) is 0.500. The summed E-state index contributed by atoms with van der Waals surface area (Å²) in [6, 6.07) is 8.59. The number of nitrogens with one attached hydrogen (secondary N) is 1. The molecule has 3 nitrogen and oxygen atoms in total.